The number of thiophene rings is 1. The van der Waals surface area contributed by atoms with Gasteiger partial charge in [0, 0.05) is 53.7 Å². The van der Waals surface area contributed by atoms with E-state index in [9.17, 15) is 0 Å². The molecule has 5 heteroatoms. The maximum absolute atomic E-state index is 7.04. The predicted molar refractivity (Wildman–Crippen MR) is 310 cm³/mol. The summed E-state index contributed by atoms with van der Waals surface area (Å²) in [5.41, 5.74) is 23.0. The molecule has 6 aliphatic carbocycles. The fourth-order valence-electron chi connectivity index (χ4n) is 16.9. The van der Waals surface area contributed by atoms with E-state index < -0.39 is 0 Å². The molecule has 1 spiro atoms. The van der Waals surface area contributed by atoms with Gasteiger partial charge in [-0.1, -0.05) is 146 Å². The molecule has 7 aromatic carbocycles. The molecule has 0 atom stereocenters. The number of nitrogens with zero attached hydrogens (tertiary/aromatic N) is 2. The molecule has 0 N–H and O–H groups in total. The van der Waals surface area contributed by atoms with Crippen LogP contribution in [-0.2, 0) is 16.2 Å². The monoisotopic (exact) mass is 968 g/mol. The third-order valence-corrected chi connectivity index (χ3v) is 21.1. The summed E-state index contributed by atoms with van der Waals surface area (Å²) < 4.78 is 9.88. The maximum atomic E-state index is 7.04. The van der Waals surface area contributed by atoms with E-state index in [-0.39, 0.29) is 23.0 Å². The Hall–Kier alpha value is -6.04. The molecule has 0 unspecified atom stereocenters. The normalized spacial score (nSPS) is 23.7. The summed E-state index contributed by atoms with van der Waals surface area (Å²) in [5.74, 6) is 3.68. The van der Waals surface area contributed by atoms with E-state index in [1.54, 1.807) is 11.1 Å². The van der Waals surface area contributed by atoms with Crippen molar-refractivity contribution in [1.29, 1.82) is 0 Å². The molecule has 0 amide bonds. The lowest BCUT2D eigenvalue weighted by atomic mass is 9.36. The summed E-state index contributed by atoms with van der Waals surface area (Å²) in [6, 6.07) is 53.2. The van der Waals surface area contributed by atoms with Crippen LogP contribution in [0.15, 0.2) is 138 Å². The fraction of sp³-hybridized carbons (Fsp3) is 0.353. The minimum atomic E-state index is -0.0380. The van der Waals surface area contributed by atoms with Crippen LogP contribution in [0.1, 0.15) is 139 Å². The first-order valence-corrected chi connectivity index (χ1v) is 28.9. The summed E-state index contributed by atoms with van der Waals surface area (Å²) in [7, 11) is 0. The lowest BCUT2D eigenvalue weighted by Crippen LogP contribution is -2.60. The van der Waals surface area contributed by atoms with Gasteiger partial charge in [0.15, 0.2) is 5.58 Å². The standard InChI is InChI=1S/C68H65BN2OS/c1-66(2,3)43-27-29-60-50(37-43)63-65(73-60)69-53-38-44(67(4,5)6)26-28-54(53)70(56-24-14-20-48-47-18-11-13-25-59(47)72-64(48)56)57-35-42(41-16-8-7-9-17-41)36-58(62(57)69)71(63)55-23-15-22-52-61(55)49-19-10-12-21-51(49)68(52)45-31-39-30-40(33-45)34-46(68)32-39/h10-15,18-29,35-41,45-46H,7-9,16-17,30-34H2,1-6H3. The van der Waals surface area contributed by atoms with Crippen molar-refractivity contribution in [2.45, 2.75) is 128 Å². The largest absolute Gasteiger partial charge is 0.454 e. The average Bonchev–Trinajstić information content (AvgIpc) is 4.19. The Kier molecular flexibility index (Phi) is 8.95. The number of fused-ring (bicyclic) bond motifs is 12. The zero-order valence-electron chi connectivity index (χ0n) is 43.4. The number of para-hydroxylation sites is 2. The molecule has 17 rings (SSSR count). The van der Waals surface area contributed by atoms with Crippen molar-refractivity contribution >= 4 is 99.9 Å². The Morgan fingerprint density at radius 2 is 1.22 bits per heavy atom. The molecule has 73 heavy (non-hydrogen) atoms. The first kappa shape index (κ1) is 43.4. The molecular formula is C68H65BN2OS. The molecule has 9 aromatic rings. The van der Waals surface area contributed by atoms with Crippen LogP contribution in [0.5, 0.6) is 0 Å². The topological polar surface area (TPSA) is 19.6 Å². The third kappa shape index (κ3) is 5.90. The maximum Gasteiger partial charge on any atom is 0.264 e. The molecule has 8 aliphatic rings. The Bertz CT molecular complexity index is 3790. The quantitative estimate of drug-likeness (QED) is 0.165. The van der Waals surface area contributed by atoms with Gasteiger partial charge in [0.25, 0.3) is 6.71 Å². The van der Waals surface area contributed by atoms with E-state index in [4.69, 9.17) is 4.42 Å². The van der Waals surface area contributed by atoms with E-state index in [0.717, 1.165) is 28.7 Å². The van der Waals surface area contributed by atoms with Crippen molar-refractivity contribution in [2.24, 2.45) is 23.7 Å². The molecule has 5 fully saturated rings. The number of anilines is 6. The van der Waals surface area contributed by atoms with Gasteiger partial charge in [0.05, 0.1) is 17.1 Å². The van der Waals surface area contributed by atoms with Crippen molar-refractivity contribution in [3.05, 3.63) is 161 Å². The summed E-state index contributed by atoms with van der Waals surface area (Å²) in [4.78, 5) is 5.52. The SMILES string of the molecule is CC(C)(C)c1ccc2c(c1)B1c3sc4ccc(C(C)(C)C)cc4c3N(c3cccc4c3-c3ccccc3C43C4CC5CC(C4)CC3C5)c3cc(C4CCCCC4)cc(c31)N2c1cccc2c1oc1ccccc12. The summed E-state index contributed by atoms with van der Waals surface area (Å²) in [5, 5.41) is 3.72. The molecule has 2 aliphatic heterocycles. The van der Waals surface area contributed by atoms with Crippen molar-refractivity contribution in [1.82, 2.24) is 0 Å². The number of hydrogen-bond acceptors (Lipinski definition) is 4. The van der Waals surface area contributed by atoms with E-state index in [2.05, 4.69) is 185 Å². The third-order valence-electron chi connectivity index (χ3n) is 19.9. The molecule has 0 saturated heterocycles. The Balaban J connectivity index is 1.04. The molecule has 4 heterocycles. The molecule has 3 nitrogen and oxygen atoms in total. The van der Waals surface area contributed by atoms with Crippen LogP contribution in [-0.4, -0.2) is 6.71 Å². The van der Waals surface area contributed by atoms with Crippen LogP contribution in [0.3, 0.4) is 0 Å². The smallest absolute Gasteiger partial charge is 0.264 e. The number of benzene rings is 7. The van der Waals surface area contributed by atoms with E-state index >= 15 is 0 Å². The van der Waals surface area contributed by atoms with Gasteiger partial charge in [-0.05, 0) is 178 Å². The minimum absolute atomic E-state index is 0.00224. The minimum Gasteiger partial charge on any atom is -0.454 e. The summed E-state index contributed by atoms with van der Waals surface area (Å²) in [6.07, 6.45) is 13.3. The van der Waals surface area contributed by atoms with Gasteiger partial charge in [-0.25, -0.2) is 0 Å². The highest BCUT2D eigenvalue weighted by molar-refractivity contribution is 7.33. The number of hydrogen-bond donors (Lipinski definition) is 0. The summed E-state index contributed by atoms with van der Waals surface area (Å²) in [6.45, 7) is 14.3. The van der Waals surface area contributed by atoms with Gasteiger partial charge >= 0.3 is 0 Å². The van der Waals surface area contributed by atoms with Crippen LogP contribution in [0.25, 0.3) is 43.2 Å². The lowest BCUT2D eigenvalue weighted by molar-refractivity contribution is -0.0399. The van der Waals surface area contributed by atoms with Crippen LogP contribution in [0, 0.1) is 23.7 Å². The van der Waals surface area contributed by atoms with Crippen LogP contribution in [0.4, 0.5) is 34.1 Å². The Labute approximate surface area is 435 Å². The highest BCUT2D eigenvalue weighted by Crippen LogP contribution is 2.70. The molecule has 0 radical (unpaired) electrons. The number of furan rings is 1. The summed E-state index contributed by atoms with van der Waals surface area (Å²) >= 11 is 2.05. The van der Waals surface area contributed by atoms with E-state index in [1.807, 2.05) is 11.3 Å². The molecular weight excluding hydrogens is 904 g/mol. The second-order valence-electron chi connectivity index (χ2n) is 25.9. The van der Waals surface area contributed by atoms with E-state index in [1.165, 1.54) is 157 Å². The van der Waals surface area contributed by atoms with Crippen molar-refractivity contribution in [2.75, 3.05) is 9.80 Å². The van der Waals surface area contributed by atoms with Crippen molar-refractivity contribution in [3.63, 3.8) is 0 Å². The Morgan fingerprint density at radius 3 is 2.00 bits per heavy atom. The molecule has 5 saturated carbocycles. The highest BCUT2D eigenvalue weighted by atomic mass is 32.1. The second kappa shape index (κ2) is 15.1. The zero-order chi connectivity index (χ0) is 48.9. The first-order valence-electron chi connectivity index (χ1n) is 28.1. The van der Waals surface area contributed by atoms with Crippen LogP contribution >= 0.6 is 11.3 Å². The van der Waals surface area contributed by atoms with Gasteiger partial charge in [-0.15, -0.1) is 11.3 Å². The average molecular weight is 969 g/mol. The predicted octanol–water partition coefficient (Wildman–Crippen LogP) is 17.2. The van der Waals surface area contributed by atoms with Gasteiger partial charge < -0.3 is 14.2 Å². The van der Waals surface area contributed by atoms with Crippen molar-refractivity contribution in [3.8, 4) is 11.1 Å². The van der Waals surface area contributed by atoms with Gasteiger partial charge in [-0.2, -0.15) is 0 Å². The lowest BCUT2D eigenvalue weighted by Gasteiger charge is -2.61. The molecule has 4 bridgehead atoms. The Morgan fingerprint density at radius 1 is 0.562 bits per heavy atom. The van der Waals surface area contributed by atoms with Crippen LogP contribution < -0.4 is 25.5 Å². The van der Waals surface area contributed by atoms with Crippen molar-refractivity contribution < 1.29 is 4.42 Å². The molecule has 2 aromatic heterocycles. The van der Waals surface area contributed by atoms with Gasteiger partial charge in [-0.3, -0.25) is 0 Å². The highest BCUT2D eigenvalue weighted by Gasteiger charge is 2.62. The van der Waals surface area contributed by atoms with Gasteiger partial charge in [0.1, 0.15) is 5.58 Å². The number of rotatable bonds is 3. The van der Waals surface area contributed by atoms with Crippen LogP contribution in [0.2, 0.25) is 0 Å². The molecule has 362 valence electrons. The second-order valence-corrected chi connectivity index (χ2v) is 27.0. The fourth-order valence-corrected chi connectivity index (χ4v) is 18.2. The first-order chi connectivity index (χ1) is 35.4. The van der Waals surface area contributed by atoms with E-state index in [0.29, 0.717) is 17.8 Å². The van der Waals surface area contributed by atoms with Gasteiger partial charge in [0.2, 0.25) is 0 Å². The zero-order valence-corrected chi connectivity index (χ0v) is 44.3.